The Kier molecular flexibility index (Phi) is 4.84. The molecule has 0 N–H and O–H groups in total. The lowest BCUT2D eigenvalue weighted by atomic mass is 9.97. The van der Waals surface area contributed by atoms with Gasteiger partial charge in [-0.25, -0.2) is 0 Å². The van der Waals surface area contributed by atoms with E-state index < -0.39 is 0 Å². The van der Waals surface area contributed by atoms with Crippen molar-refractivity contribution in [3.63, 3.8) is 0 Å². The molecule has 4 rings (SSSR count). The molecule has 0 aliphatic heterocycles. The number of benzene rings is 4. The van der Waals surface area contributed by atoms with Gasteiger partial charge in [-0.3, -0.25) is 0 Å². The molecule has 0 spiro atoms. The molecule has 0 radical (unpaired) electrons. The van der Waals surface area contributed by atoms with Gasteiger partial charge in [-0.15, -0.1) is 0 Å². The highest BCUT2D eigenvalue weighted by molar-refractivity contribution is 5.90. The van der Waals surface area contributed by atoms with Crippen LogP contribution in [0.5, 0.6) is 0 Å². The normalized spacial score (nSPS) is 10.4. The zero-order valence-corrected chi connectivity index (χ0v) is 15.1. The number of para-hydroxylation sites is 3. The maximum Gasteiger partial charge on any atom is 0.0540 e. The highest BCUT2D eigenvalue weighted by atomic mass is 15.1. The van der Waals surface area contributed by atoms with E-state index in [-0.39, 0.29) is 0 Å². The second-order valence-electron chi connectivity index (χ2n) is 6.37. The van der Waals surface area contributed by atoms with Crippen LogP contribution in [0, 0.1) is 0 Å². The molecule has 0 heterocycles. The molecule has 0 amide bonds. The van der Waals surface area contributed by atoms with E-state index in [0.717, 1.165) is 33.8 Å². The number of nitrogens with zero attached hydrogens (tertiary/aromatic N) is 1. The van der Waals surface area contributed by atoms with Crippen LogP contribution in [0.25, 0.3) is 5.57 Å². The highest BCUT2D eigenvalue weighted by Crippen LogP contribution is 2.39. The van der Waals surface area contributed by atoms with Crippen molar-refractivity contribution < 1.29 is 0 Å². The summed E-state index contributed by atoms with van der Waals surface area (Å²) in [5, 5.41) is 0. The van der Waals surface area contributed by atoms with E-state index in [4.69, 9.17) is 0 Å². The first-order valence-electron chi connectivity index (χ1n) is 9.08. The summed E-state index contributed by atoms with van der Waals surface area (Å²) in [5.41, 5.74) is 6.63. The lowest BCUT2D eigenvalue weighted by molar-refractivity contribution is 1.27. The van der Waals surface area contributed by atoms with Crippen molar-refractivity contribution in [2.45, 2.75) is 0 Å². The maximum atomic E-state index is 4.40. The first kappa shape index (κ1) is 16.9. The Balaban J connectivity index is 1.88. The molecule has 130 valence electrons. The second kappa shape index (κ2) is 7.76. The van der Waals surface area contributed by atoms with Gasteiger partial charge in [0.25, 0.3) is 0 Å². The molecule has 1 heteroatoms. The molecule has 0 saturated heterocycles. The van der Waals surface area contributed by atoms with Crippen molar-refractivity contribution in [2.75, 3.05) is 4.90 Å². The third-order valence-electron chi connectivity index (χ3n) is 4.62. The average Bonchev–Trinajstić information content (AvgIpc) is 2.76. The molecule has 0 atom stereocenters. The van der Waals surface area contributed by atoms with Crippen LogP contribution in [0.3, 0.4) is 0 Å². The minimum atomic E-state index is 1.02. The standard InChI is InChI=1S/C26H21N/c1-21(22-13-5-2-6-14-22)25-19-11-12-20-26(25)27(23-15-7-3-8-16-23)24-17-9-4-10-18-24/h2-20H,1H2. The third-order valence-corrected chi connectivity index (χ3v) is 4.62. The van der Waals surface area contributed by atoms with Crippen LogP contribution in [0.4, 0.5) is 17.1 Å². The van der Waals surface area contributed by atoms with Gasteiger partial charge < -0.3 is 4.90 Å². The van der Waals surface area contributed by atoms with Gasteiger partial charge in [0.1, 0.15) is 0 Å². The number of hydrogen-bond donors (Lipinski definition) is 0. The van der Waals surface area contributed by atoms with E-state index in [1.165, 1.54) is 0 Å². The Bertz CT molecular complexity index is 982. The van der Waals surface area contributed by atoms with Crippen molar-refractivity contribution in [3.05, 3.63) is 133 Å². The zero-order chi connectivity index (χ0) is 18.5. The predicted molar refractivity (Wildman–Crippen MR) is 116 cm³/mol. The Hall–Kier alpha value is -3.58. The smallest absolute Gasteiger partial charge is 0.0540 e. The Morgan fingerprint density at radius 1 is 0.519 bits per heavy atom. The van der Waals surface area contributed by atoms with E-state index in [2.05, 4.69) is 109 Å². The van der Waals surface area contributed by atoms with Crippen LogP contribution >= 0.6 is 0 Å². The maximum absolute atomic E-state index is 4.40. The topological polar surface area (TPSA) is 3.24 Å². The molecule has 0 aliphatic carbocycles. The van der Waals surface area contributed by atoms with Gasteiger partial charge in [0.15, 0.2) is 0 Å². The average molecular weight is 347 g/mol. The first-order chi connectivity index (χ1) is 13.3. The molecule has 4 aromatic carbocycles. The summed E-state index contributed by atoms with van der Waals surface area (Å²) in [5.74, 6) is 0. The fourth-order valence-corrected chi connectivity index (χ4v) is 3.30. The molecule has 0 saturated carbocycles. The quantitative estimate of drug-likeness (QED) is 0.368. The zero-order valence-electron chi connectivity index (χ0n) is 15.1. The Labute approximate surface area is 160 Å². The van der Waals surface area contributed by atoms with E-state index in [9.17, 15) is 0 Å². The van der Waals surface area contributed by atoms with Crippen molar-refractivity contribution in [2.24, 2.45) is 0 Å². The summed E-state index contributed by atoms with van der Waals surface area (Å²) >= 11 is 0. The Morgan fingerprint density at radius 2 is 0.963 bits per heavy atom. The number of anilines is 3. The van der Waals surface area contributed by atoms with E-state index in [1.807, 2.05) is 18.2 Å². The number of hydrogen-bond acceptors (Lipinski definition) is 1. The predicted octanol–water partition coefficient (Wildman–Crippen LogP) is 7.22. The van der Waals surface area contributed by atoms with Crippen LogP contribution in [0.1, 0.15) is 11.1 Å². The minimum absolute atomic E-state index is 1.02. The SMILES string of the molecule is C=C(c1ccccc1)c1ccccc1N(c1ccccc1)c1ccccc1. The van der Waals surface area contributed by atoms with Crippen molar-refractivity contribution in [1.29, 1.82) is 0 Å². The molecule has 0 fully saturated rings. The fraction of sp³-hybridized carbons (Fsp3) is 0. The monoisotopic (exact) mass is 347 g/mol. The van der Waals surface area contributed by atoms with Gasteiger partial charge in [-0.05, 0) is 41.5 Å². The van der Waals surface area contributed by atoms with Crippen LogP contribution in [-0.2, 0) is 0 Å². The van der Waals surface area contributed by atoms with Gasteiger partial charge in [-0.2, -0.15) is 0 Å². The summed E-state index contributed by atoms with van der Waals surface area (Å²) in [6.07, 6.45) is 0. The van der Waals surface area contributed by atoms with Crippen molar-refractivity contribution in [1.82, 2.24) is 0 Å². The molecule has 0 unspecified atom stereocenters. The molecule has 1 nitrogen and oxygen atoms in total. The minimum Gasteiger partial charge on any atom is -0.310 e. The lowest BCUT2D eigenvalue weighted by Crippen LogP contribution is -2.11. The molecule has 0 aromatic heterocycles. The Morgan fingerprint density at radius 3 is 1.52 bits per heavy atom. The molecular weight excluding hydrogens is 326 g/mol. The summed E-state index contributed by atoms with van der Waals surface area (Å²) in [4.78, 5) is 2.28. The van der Waals surface area contributed by atoms with Crippen LogP contribution in [0.15, 0.2) is 122 Å². The van der Waals surface area contributed by atoms with Crippen LogP contribution in [0.2, 0.25) is 0 Å². The summed E-state index contributed by atoms with van der Waals surface area (Å²) in [6, 6.07) is 39.7. The van der Waals surface area contributed by atoms with Crippen LogP contribution < -0.4 is 4.90 Å². The summed E-state index contributed by atoms with van der Waals surface area (Å²) in [7, 11) is 0. The van der Waals surface area contributed by atoms with E-state index in [1.54, 1.807) is 0 Å². The van der Waals surface area contributed by atoms with E-state index in [0.29, 0.717) is 0 Å². The second-order valence-corrected chi connectivity index (χ2v) is 6.37. The first-order valence-corrected chi connectivity index (χ1v) is 9.08. The van der Waals surface area contributed by atoms with Gasteiger partial charge >= 0.3 is 0 Å². The molecule has 0 bridgehead atoms. The highest BCUT2D eigenvalue weighted by Gasteiger charge is 2.17. The molecule has 4 aromatic rings. The largest absolute Gasteiger partial charge is 0.310 e. The third kappa shape index (κ3) is 3.54. The molecular formula is C26H21N. The van der Waals surface area contributed by atoms with Crippen molar-refractivity contribution in [3.8, 4) is 0 Å². The summed E-state index contributed by atoms with van der Waals surface area (Å²) < 4.78 is 0. The van der Waals surface area contributed by atoms with Gasteiger partial charge in [-0.1, -0.05) is 91.5 Å². The van der Waals surface area contributed by atoms with Gasteiger partial charge in [0, 0.05) is 16.9 Å². The van der Waals surface area contributed by atoms with E-state index >= 15 is 0 Å². The van der Waals surface area contributed by atoms with Crippen molar-refractivity contribution >= 4 is 22.6 Å². The van der Waals surface area contributed by atoms with Crippen LogP contribution in [-0.4, -0.2) is 0 Å². The van der Waals surface area contributed by atoms with Gasteiger partial charge in [0.05, 0.1) is 5.69 Å². The summed E-state index contributed by atoms with van der Waals surface area (Å²) in [6.45, 7) is 4.40. The fourth-order valence-electron chi connectivity index (χ4n) is 3.30. The molecule has 0 aliphatic rings. The number of rotatable bonds is 5. The molecule has 27 heavy (non-hydrogen) atoms. The van der Waals surface area contributed by atoms with Gasteiger partial charge in [0.2, 0.25) is 0 Å². The lowest BCUT2D eigenvalue weighted by Gasteiger charge is -2.28.